The van der Waals surface area contributed by atoms with E-state index in [2.05, 4.69) is 21.2 Å². The zero-order valence-electron chi connectivity index (χ0n) is 9.68. The molecule has 0 aliphatic rings. The van der Waals surface area contributed by atoms with Crippen molar-refractivity contribution in [2.45, 2.75) is 13.8 Å². The van der Waals surface area contributed by atoms with Gasteiger partial charge in [-0.1, -0.05) is 51.3 Å². The summed E-state index contributed by atoms with van der Waals surface area (Å²) < 4.78 is 0.726. The second-order valence-corrected chi connectivity index (χ2v) is 6.36. The van der Waals surface area contributed by atoms with Gasteiger partial charge in [0.25, 0.3) is 0 Å². The van der Waals surface area contributed by atoms with E-state index >= 15 is 0 Å². The summed E-state index contributed by atoms with van der Waals surface area (Å²) in [4.78, 5) is 12.2. The Morgan fingerprint density at radius 1 is 1.39 bits per heavy atom. The highest BCUT2D eigenvalue weighted by Crippen LogP contribution is 2.34. The molecule has 0 spiro atoms. The molecule has 0 atom stereocenters. The monoisotopic (exact) mass is 368 g/mol. The highest BCUT2D eigenvalue weighted by molar-refractivity contribution is 9.10. The lowest BCUT2D eigenvalue weighted by atomic mass is 9.92. The fraction of sp³-hybridized carbons (Fsp3) is 0.273. The molecule has 0 fully saturated rings. The van der Waals surface area contributed by atoms with Crippen molar-refractivity contribution in [3.05, 3.63) is 26.7 Å². The third kappa shape index (κ3) is 3.35. The summed E-state index contributed by atoms with van der Waals surface area (Å²) in [5, 5.41) is 3.31. The number of amides is 1. The van der Waals surface area contributed by atoms with Crippen LogP contribution in [0, 0.1) is 5.41 Å². The largest absolute Gasteiger partial charge is 0.392 e. The molecule has 98 valence electrons. The van der Waals surface area contributed by atoms with Crippen molar-refractivity contribution < 1.29 is 4.79 Å². The molecule has 0 saturated heterocycles. The van der Waals surface area contributed by atoms with Gasteiger partial charge in [0.1, 0.15) is 0 Å². The number of halogens is 3. The average molecular weight is 370 g/mol. The van der Waals surface area contributed by atoms with Crippen LogP contribution in [-0.4, -0.2) is 10.9 Å². The lowest BCUT2D eigenvalue weighted by Crippen LogP contribution is -2.41. The first-order valence-corrected chi connectivity index (χ1v) is 6.88. The number of nitrogens with two attached hydrogens (primary N) is 1. The van der Waals surface area contributed by atoms with E-state index in [-0.39, 0.29) is 10.9 Å². The number of carbonyl (C=O) groups excluding carboxylic acids is 1. The highest BCUT2D eigenvalue weighted by atomic mass is 79.9. The van der Waals surface area contributed by atoms with Crippen LogP contribution in [0.25, 0.3) is 0 Å². The molecule has 3 nitrogen and oxygen atoms in total. The number of benzene rings is 1. The third-order valence-corrected chi connectivity index (χ3v) is 3.99. The quantitative estimate of drug-likeness (QED) is 0.791. The summed E-state index contributed by atoms with van der Waals surface area (Å²) in [6.07, 6.45) is 0. The van der Waals surface area contributed by atoms with Gasteiger partial charge in [-0.15, -0.1) is 0 Å². The van der Waals surface area contributed by atoms with Gasteiger partial charge in [-0.05, 0) is 26.0 Å². The number of anilines is 1. The Labute approximate surface area is 129 Å². The Bertz CT molecular complexity index is 497. The summed E-state index contributed by atoms with van der Waals surface area (Å²) in [7, 11) is 0. The summed E-state index contributed by atoms with van der Waals surface area (Å²) >= 11 is 20.1. The first-order valence-electron chi connectivity index (χ1n) is 4.92. The zero-order valence-corrected chi connectivity index (χ0v) is 13.6. The Hall–Kier alpha value is -0.360. The topological polar surface area (TPSA) is 55.1 Å². The molecule has 0 aliphatic heterocycles. The van der Waals surface area contributed by atoms with E-state index < -0.39 is 5.41 Å². The van der Waals surface area contributed by atoms with Crippen molar-refractivity contribution in [2.24, 2.45) is 11.1 Å². The maximum atomic E-state index is 12.1. The lowest BCUT2D eigenvalue weighted by Gasteiger charge is -2.22. The van der Waals surface area contributed by atoms with Gasteiger partial charge in [0.2, 0.25) is 5.91 Å². The Morgan fingerprint density at radius 3 is 2.22 bits per heavy atom. The van der Waals surface area contributed by atoms with Gasteiger partial charge < -0.3 is 11.1 Å². The van der Waals surface area contributed by atoms with Gasteiger partial charge in [0.05, 0.1) is 26.1 Å². The van der Waals surface area contributed by atoms with E-state index in [4.69, 9.17) is 41.2 Å². The van der Waals surface area contributed by atoms with E-state index in [1.807, 2.05) is 0 Å². The minimum Gasteiger partial charge on any atom is -0.392 e. The predicted octanol–water partition coefficient (Wildman–Crippen LogP) is 4.01. The van der Waals surface area contributed by atoms with E-state index in [9.17, 15) is 4.79 Å². The van der Waals surface area contributed by atoms with Gasteiger partial charge >= 0.3 is 0 Å². The molecule has 0 aliphatic carbocycles. The zero-order chi connectivity index (χ0) is 14.1. The van der Waals surface area contributed by atoms with Crippen LogP contribution in [0.15, 0.2) is 16.6 Å². The van der Waals surface area contributed by atoms with Gasteiger partial charge in [-0.3, -0.25) is 4.79 Å². The second-order valence-electron chi connectivity index (χ2n) is 4.19. The number of carbonyl (C=O) groups is 1. The van der Waals surface area contributed by atoms with E-state index in [1.165, 1.54) is 0 Å². The summed E-state index contributed by atoms with van der Waals surface area (Å²) in [5.41, 5.74) is 4.89. The number of rotatable bonds is 3. The van der Waals surface area contributed by atoms with Crippen LogP contribution in [0.3, 0.4) is 0 Å². The van der Waals surface area contributed by atoms with Crippen molar-refractivity contribution in [2.75, 3.05) is 5.32 Å². The van der Waals surface area contributed by atoms with Gasteiger partial charge in [-0.2, -0.15) is 0 Å². The minimum absolute atomic E-state index is 0.101. The highest BCUT2D eigenvalue weighted by Gasteiger charge is 2.31. The Balaban J connectivity index is 3.07. The normalized spacial score (nSPS) is 11.2. The molecule has 0 heterocycles. The molecular formula is C11H11BrCl2N2OS. The molecular weight excluding hydrogens is 359 g/mol. The van der Waals surface area contributed by atoms with Crippen LogP contribution >= 0.6 is 51.3 Å². The van der Waals surface area contributed by atoms with Crippen LogP contribution in [0.1, 0.15) is 13.8 Å². The van der Waals surface area contributed by atoms with Gasteiger partial charge in [-0.25, -0.2) is 0 Å². The van der Waals surface area contributed by atoms with Crippen molar-refractivity contribution in [1.29, 1.82) is 0 Å². The molecule has 1 amide bonds. The molecule has 3 N–H and O–H groups in total. The Kier molecular flexibility index (Phi) is 5.00. The van der Waals surface area contributed by atoms with E-state index in [1.54, 1.807) is 26.0 Å². The first kappa shape index (κ1) is 15.7. The SMILES string of the molecule is CC(C)(C(=O)Nc1c(Cl)cc(Br)cc1Cl)C(N)=S. The molecule has 7 heteroatoms. The molecule has 0 aromatic heterocycles. The van der Waals surface area contributed by atoms with Gasteiger partial charge in [0.15, 0.2) is 0 Å². The molecule has 0 unspecified atom stereocenters. The maximum absolute atomic E-state index is 12.1. The van der Waals surface area contributed by atoms with Crippen molar-refractivity contribution in [3.63, 3.8) is 0 Å². The predicted molar refractivity (Wildman–Crippen MR) is 83.4 cm³/mol. The third-order valence-electron chi connectivity index (χ3n) is 2.43. The van der Waals surface area contributed by atoms with Crippen LogP contribution in [-0.2, 0) is 4.79 Å². The van der Waals surface area contributed by atoms with Crippen molar-refractivity contribution >= 4 is 67.9 Å². The smallest absolute Gasteiger partial charge is 0.236 e. The van der Waals surface area contributed by atoms with E-state index in [0.717, 1.165) is 4.47 Å². The van der Waals surface area contributed by atoms with Crippen LogP contribution in [0.5, 0.6) is 0 Å². The van der Waals surface area contributed by atoms with Crippen molar-refractivity contribution in [1.82, 2.24) is 0 Å². The summed E-state index contributed by atoms with van der Waals surface area (Å²) in [6.45, 7) is 3.26. The summed E-state index contributed by atoms with van der Waals surface area (Å²) in [6, 6.07) is 3.27. The molecule has 0 saturated carbocycles. The number of hydrogen-bond donors (Lipinski definition) is 2. The number of hydrogen-bond acceptors (Lipinski definition) is 2. The van der Waals surface area contributed by atoms with Crippen LogP contribution in [0.2, 0.25) is 10.0 Å². The molecule has 0 bridgehead atoms. The fourth-order valence-corrected chi connectivity index (χ4v) is 2.44. The second kappa shape index (κ2) is 5.74. The fourth-order valence-electron chi connectivity index (χ4n) is 1.04. The van der Waals surface area contributed by atoms with Crippen LogP contribution in [0.4, 0.5) is 5.69 Å². The number of thiocarbonyl (C=S) groups is 1. The van der Waals surface area contributed by atoms with E-state index in [0.29, 0.717) is 15.7 Å². The maximum Gasteiger partial charge on any atom is 0.236 e. The lowest BCUT2D eigenvalue weighted by molar-refractivity contribution is -0.121. The van der Waals surface area contributed by atoms with Crippen molar-refractivity contribution in [3.8, 4) is 0 Å². The Morgan fingerprint density at radius 2 is 1.83 bits per heavy atom. The standard InChI is InChI=1S/C11H11BrCl2N2OS/c1-11(2,9(15)18)10(17)16-8-6(13)3-5(12)4-7(8)14/h3-4H,1-2H3,(H2,15,18)(H,16,17). The average Bonchev–Trinajstić information content (AvgIpc) is 2.22. The van der Waals surface area contributed by atoms with Crippen LogP contribution < -0.4 is 11.1 Å². The molecule has 1 aromatic carbocycles. The van der Waals surface area contributed by atoms with Gasteiger partial charge in [0, 0.05) is 4.47 Å². The first-order chi connectivity index (χ1) is 8.16. The molecule has 1 rings (SSSR count). The summed E-state index contributed by atoms with van der Waals surface area (Å²) in [5.74, 6) is -0.360. The molecule has 1 aromatic rings. The minimum atomic E-state index is -0.977. The number of nitrogens with one attached hydrogen (secondary N) is 1. The molecule has 18 heavy (non-hydrogen) atoms. The molecule has 0 radical (unpaired) electrons.